The SMILES string of the molecule is C[C@@H]1C[C@H]2C(=O)OC[C@H](NC(=O)[C@H](Cc3cc(F)cc(F)c3)NC(=O)Cc3ccc4c(c3)OCC4)C(=O)N3C[C@H](O)C[C@H]3C(=O)N3CCOC[C@H]3C(=O)N[C@@H](C)C(=O)N2C1. The summed E-state index contributed by atoms with van der Waals surface area (Å²) in [5, 5.41) is 18.6. The number of morpholine rings is 1. The van der Waals surface area contributed by atoms with Crippen LogP contribution < -0.4 is 20.7 Å². The van der Waals surface area contributed by atoms with Crippen LogP contribution in [-0.4, -0.2) is 150 Å². The number of benzene rings is 2. The van der Waals surface area contributed by atoms with E-state index in [2.05, 4.69) is 16.0 Å². The molecule has 0 spiro atoms. The zero-order valence-electron chi connectivity index (χ0n) is 33.2. The molecule has 6 amide bonds. The van der Waals surface area contributed by atoms with Crippen LogP contribution in [-0.2, 0) is 62.3 Å². The second-order valence-corrected chi connectivity index (χ2v) is 16.1. The second kappa shape index (κ2) is 17.9. The number of rotatable bonds is 7. The molecule has 4 N–H and O–H groups in total. The number of cyclic esters (lactones) is 1. The Labute approximate surface area is 344 Å². The number of ether oxygens (including phenoxy) is 3. The quantitative estimate of drug-likeness (QED) is 0.252. The van der Waals surface area contributed by atoms with Crippen LogP contribution in [0.5, 0.6) is 5.75 Å². The lowest BCUT2D eigenvalue weighted by molar-refractivity contribution is -0.160. The molecular weight excluding hydrogens is 790 g/mol. The molecule has 322 valence electrons. The average molecular weight is 839 g/mol. The van der Waals surface area contributed by atoms with E-state index in [4.69, 9.17) is 14.2 Å². The van der Waals surface area contributed by atoms with Crippen molar-refractivity contribution >= 4 is 41.4 Å². The van der Waals surface area contributed by atoms with Crippen molar-refractivity contribution in [2.24, 2.45) is 5.92 Å². The number of hydrogen-bond acceptors (Lipinski definition) is 11. The molecule has 0 aliphatic carbocycles. The first-order chi connectivity index (χ1) is 28.6. The van der Waals surface area contributed by atoms with Crippen LogP contribution >= 0.6 is 0 Å². The zero-order valence-corrected chi connectivity index (χ0v) is 33.2. The summed E-state index contributed by atoms with van der Waals surface area (Å²) in [5.74, 6) is -6.83. The molecule has 2 aromatic rings. The number of nitrogens with one attached hydrogen (secondary N) is 3. The molecule has 5 heterocycles. The van der Waals surface area contributed by atoms with Crippen molar-refractivity contribution in [1.29, 1.82) is 0 Å². The van der Waals surface area contributed by atoms with Crippen molar-refractivity contribution in [2.45, 2.75) is 88.3 Å². The zero-order chi connectivity index (χ0) is 42.8. The van der Waals surface area contributed by atoms with E-state index in [0.29, 0.717) is 24.0 Å². The maximum Gasteiger partial charge on any atom is 0.328 e. The Kier molecular flexibility index (Phi) is 12.6. The minimum Gasteiger partial charge on any atom is -0.493 e. The summed E-state index contributed by atoms with van der Waals surface area (Å²) in [5.41, 5.74) is 1.54. The summed E-state index contributed by atoms with van der Waals surface area (Å²) in [7, 11) is 0. The van der Waals surface area contributed by atoms with E-state index in [1.165, 1.54) is 16.7 Å². The standard InChI is InChI=1S/C41H48F2N6O11/c1-21-9-32-41(57)60-19-30(39(55)49-18-28(50)16-31(49)40(56)47-6-8-58-20-33(47)37(53)44-22(2)38(54)48(32)17-21)46-36(52)29(12-24-10-26(42)15-27(43)11-24)45-35(51)14-23-3-4-25-5-7-59-34(25)13-23/h3-4,10-11,13,15,21-22,28-33,50H,5-9,12,14,16-20H2,1-2H3,(H,44,53)(H,45,51)(H,46,52)/t21-,22+,28-,29+,30+,31+,32+,33+/m1/s1. The van der Waals surface area contributed by atoms with Gasteiger partial charge in [-0.3, -0.25) is 28.8 Å². The van der Waals surface area contributed by atoms with Gasteiger partial charge in [0.2, 0.25) is 35.4 Å². The topological polar surface area (TPSA) is 213 Å². The smallest absolute Gasteiger partial charge is 0.328 e. The number of carbonyl (C=O) groups is 7. The Morgan fingerprint density at radius 1 is 0.850 bits per heavy atom. The fraction of sp³-hybridized carbons (Fsp3) is 0.537. The number of aliphatic hydroxyl groups excluding tert-OH is 1. The third-order valence-corrected chi connectivity index (χ3v) is 11.5. The van der Waals surface area contributed by atoms with Gasteiger partial charge in [-0.05, 0) is 54.2 Å². The second-order valence-electron chi connectivity index (χ2n) is 16.1. The average Bonchev–Trinajstić information content (AvgIpc) is 3.95. The molecular formula is C41H48F2N6O11. The first-order valence-corrected chi connectivity index (χ1v) is 20.1. The van der Waals surface area contributed by atoms with E-state index in [-0.39, 0.29) is 63.6 Å². The molecule has 0 radical (unpaired) electrons. The Bertz CT molecular complexity index is 2030. The van der Waals surface area contributed by atoms with Crippen LogP contribution in [0, 0.1) is 17.6 Å². The molecule has 5 aliphatic heterocycles. The Hall–Kier alpha value is -5.69. The fourth-order valence-electron chi connectivity index (χ4n) is 8.53. The highest BCUT2D eigenvalue weighted by Gasteiger charge is 2.48. The summed E-state index contributed by atoms with van der Waals surface area (Å²) in [6.45, 7) is 2.60. The lowest BCUT2D eigenvalue weighted by Gasteiger charge is -2.39. The van der Waals surface area contributed by atoms with Gasteiger partial charge in [-0.25, -0.2) is 13.6 Å². The largest absolute Gasteiger partial charge is 0.493 e. The Morgan fingerprint density at radius 3 is 2.37 bits per heavy atom. The molecule has 4 saturated heterocycles. The van der Waals surface area contributed by atoms with E-state index in [1.807, 2.05) is 13.0 Å². The Morgan fingerprint density at radius 2 is 1.60 bits per heavy atom. The molecule has 60 heavy (non-hydrogen) atoms. The molecule has 0 unspecified atom stereocenters. The summed E-state index contributed by atoms with van der Waals surface area (Å²) >= 11 is 0. The number of aliphatic hydroxyl groups is 1. The van der Waals surface area contributed by atoms with Crippen LogP contribution in [0.25, 0.3) is 0 Å². The maximum atomic E-state index is 14.5. The maximum absolute atomic E-state index is 14.5. The molecule has 2 aromatic carbocycles. The third kappa shape index (κ3) is 9.36. The van der Waals surface area contributed by atoms with Gasteiger partial charge in [0.05, 0.1) is 32.3 Å². The van der Waals surface area contributed by atoms with Crippen molar-refractivity contribution in [3.05, 3.63) is 64.7 Å². The number of fused-ring (bicyclic) bond motifs is 4. The normalized spacial score (nSPS) is 27.9. The van der Waals surface area contributed by atoms with Crippen molar-refractivity contribution in [2.75, 3.05) is 46.1 Å². The number of halogens is 2. The molecule has 17 nitrogen and oxygen atoms in total. The van der Waals surface area contributed by atoms with Gasteiger partial charge in [-0.15, -0.1) is 0 Å². The fourth-order valence-corrected chi connectivity index (χ4v) is 8.53. The van der Waals surface area contributed by atoms with Crippen molar-refractivity contribution < 1.29 is 61.7 Å². The minimum atomic E-state index is -1.72. The predicted molar refractivity (Wildman–Crippen MR) is 204 cm³/mol. The van der Waals surface area contributed by atoms with E-state index in [0.717, 1.165) is 29.0 Å². The monoisotopic (exact) mass is 838 g/mol. The Balaban J connectivity index is 1.19. The molecule has 4 fully saturated rings. The lowest BCUT2D eigenvalue weighted by Crippen LogP contribution is -2.63. The van der Waals surface area contributed by atoms with Crippen LogP contribution in [0.2, 0.25) is 0 Å². The summed E-state index contributed by atoms with van der Waals surface area (Å²) in [4.78, 5) is 101. The summed E-state index contributed by atoms with van der Waals surface area (Å²) in [6.07, 6.45) is -1.14. The van der Waals surface area contributed by atoms with Crippen LogP contribution in [0.4, 0.5) is 8.78 Å². The van der Waals surface area contributed by atoms with Gasteiger partial charge in [0, 0.05) is 45.0 Å². The van der Waals surface area contributed by atoms with Gasteiger partial charge in [0.25, 0.3) is 0 Å². The number of nitrogens with zero attached hydrogens (tertiary/aromatic N) is 3. The molecule has 0 aromatic heterocycles. The van der Waals surface area contributed by atoms with Crippen LogP contribution in [0.1, 0.15) is 43.4 Å². The highest BCUT2D eigenvalue weighted by atomic mass is 19.1. The number of hydrogen-bond donors (Lipinski definition) is 4. The van der Waals surface area contributed by atoms with E-state index in [1.54, 1.807) is 12.1 Å². The van der Waals surface area contributed by atoms with Gasteiger partial charge >= 0.3 is 5.97 Å². The number of amides is 6. The van der Waals surface area contributed by atoms with E-state index >= 15 is 0 Å². The lowest BCUT2D eigenvalue weighted by atomic mass is 10.0. The van der Waals surface area contributed by atoms with Gasteiger partial charge in [-0.1, -0.05) is 19.1 Å². The van der Waals surface area contributed by atoms with Gasteiger partial charge in [0.1, 0.15) is 60.2 Å². The number of carbonyl (C=O) groups excluding carboxylic acids is 7. The van der Waals surface area contributed by atoms with E-state index in [9.17, 15) is 47.4 Å². The molecule has 8 atom stereocenters. The number of esters is 1. The minimum absolute atomic E-state index is 0.00129. The van der Waals surface area contributed by atoms with E-state index < -0.39 is 108 Å². The molecule has 19 heteroatoms. The third-order valence-electron chi connectivity index (χ3n) is 11.5. The first kappa shape index (κ1) is 42.4. The first-order valence-electron chi connectivity index (χ1n) is 20.1. The molecule has 0 bridgehead atoms. The highest BCUT2D eigenvalue weighted by molar-refractivity contribution is 5.98. The highest BCUT2D eigenvalue weighted by Crippen LogP contribution is 2.28. The van der Waals surface area contributed by atoms with Crippen molar-refractivity contribution in [3.63, 3.8) is 0 Å². The molecule has 5 aliphatic rings. The van der Waals surface area contributed by atoms with Crippen molar-refractivity contribution in [3.8, 4) is 5.75 Å². The van der Waals surface area contributed by atoms with Gasteiger partial charge in [0.15, 0.2) is 0 Å². The molecule has 7 rings (SSSR count). The van der Waals surface area contributed by atoms with Gasteiger partial charge < -0.3 is 50.0 Å². The van der Waals surface area contributed by atoms with Crippen LogP contribution in [0.15, 0.2) is 36.4 Å². The summed E-state index contributed by atoms with van der Waals surface area (Å²) < 4.78 is 45.5. The van der Waals surface area contributed by atoms with Crippen LogP contribution in [0.3, 0.4) is 0 Å². The van der Waals surface area contributed by atoms with Gasteiger partial charge in [-0.2, -0.15) is 0 Å². The van der Waals surface area contributed by atoms with Crippen molar-refractivity contribution in [1.82, 2.24) is 30.7 Å². The molecule has 0 saturated carbocycles. The summed E-state index contributed by atoms with van der Waals surface area (Å²) in [6, 6.07) is -0.0932. The predicted octanol–water partition coefficient (Wildman–Crippen LogP) is -0.858.